The summed E-state index contributed by atoms with van der Waals surface area (Å²) in [5, 5.41) is 6.45. The van der Waals surface area contributed by atoms with Gasteiger partial charge in [0.05, 0.1) is 6.33 Å². The van der Waals surface area contributed by atoms with Gasteiger partial charge < -0.3 is 15.6 Å². The Hall–Kier alpha value is -2.83. The Morgan fingerprint density at radius 3 is 1.80 bits per heavy atom. The van der Waals surface area contributed by atoms with E-state index in [0.29, 0.717) is 21.4 Å². The molecule has 0 aliphatic heterocycles. The molecule has 2 aromatic carbocycles. The van der Waals surface area contributed by atoms with E-state index in [9.17, 15) is 9.59 Å². The number of hydrogen-bond acceptors (Lipinski definition) is 3. The average Bonchev–Trinajstić information content (AvgIpc) is 3.09. The van der Waals surface area contributed by atoms with E-state index in [0.717, 1.165) is 0 Å². The minimum Gasteiger partial charge on any atom is -0.340 e. The summed E-state index contributed by atoms with van der Waals surface area (Å²) in [7, 11) is 0. The predicted molar refractivity (Wildman–Crippen MR) is 97.4 cm³/mol. The quantitative estimate of drug-likeness (QED) is 0.638. The maximum Gasteiger partial charge on any atom is 0.276 e. The van der Waals surface area contributed by atoms with Gasteiger partial charge in [-0.05, 0) is 48.5 Å². The molecule has 0 saturated heterocycles. The Bertz CT molecular complexity index is 831. The Labute approximate surface area is 153 Å². The lowest BCUT2D eigenvalue weighted by Gasteiger charge is -2.07. The zero-order chi connectivity index (χ0) is 17.8. The molecule has 6 nitrogen and oxygen atoms in total. The summed E-state index contributed by atoms with van der Waals surface area (Å²) in [5.41, 5.74) is 1.14. The minimum atomic E-state index is -0.509. The number of imidazole rings is 1. The molecule has 0 spiro atoms. The zero-order valence-electron chi connectivity index (χ0n) is 12.7. The molecule has 2 amide bonds. The normalized spacial score (nSPS) is 10.3. The van der Waals surface area contributed by atoms with E-state index in [1.807, 2.05) is 0 Å². The van der Waals surface area contributed by atoms with Gasteiger partial charge in [0, 0.05) is 21.4 Å². The van der Waals surface area contributed by atoms with Gasteiger partial charge in [0.2, 0.25) is 0 Å². The second-order valence-corrected chi connectivity index (χ2v) is 5.92. The molecule has 3 N–H and O–H groups in total. The summed E-state index contributed by atoms with van der Waals surface area (Å²) in [6.45, 7) is 0. The third-order valence-corrected chi connectivity index (χ3v) is 3.79. The van der Waals surface area contributed by atoms with E-state index in [4.69, 9.17) is 23.2 Å². The third-order valence-electron chi connectivity index (χ3n) is 3.29. The molecule has 126 valence electrons. The van der Waals surface area contributed by atoms with Crippen LogP contribution in [0.2, 0.25) is 10.0 Å². The summed E-state index contributed by atoms with van der Waals surface area (Å²) in [4.78, 5) is 31.3. The molecule has 1 aromatic heterocycles. The van der Waals surface area contributed by atoms with Crippen LogP contribution in [0.3, 0.4) is 0 Å². The van der Waals surface area contributed by atoms with Crippen LogP contribution in [0.25, 0.3) is 0 Å². The van der Waals surface area contributed by atoms with Crippen LogP contribution in [0.4, 0.5) is 11.4 Å². The maximum atomic E-state index is 12.4. The van der Waals surface area contributed by atoms with Crippen molar-refractivity contribution in [1.82, 2.24) is 9.97 Å². The number of anilines is 2. The first-order valence-corrected chi connectivity index (χ1v) is 7.96. The number of carbonyl (C=O) groups is 2. The molecule has 0 bridgehead atoms. The SMILES string of the molecule is O=C(Nc1ccc(Cl)cc1)c1nc[nH]c1C(=O)Nc1ccc(Cl)cc1. The highest BCUT2D eigenvalue weighted by molar-refractivity contribution is 6.31. The Morgan fingerprint density at radius 2 is 1.28 bits per heavy atom. The van der Waals surface area contributed by atoms with Crippen molar-refractivity contribution in [3.8, 4) is 0 Å². The fourth-order valence-corrected chi connectivity index (χ4v) is 2.34. The van der Waals surface area contributed by atoms with E-state index in [-0.39, 0.29) is 11.4 Å². The summed E-state index contributed by atoms with van der Waals surface area (Å²) >= 11 is 11.6. The van der Waals surface area contributed by atoms with Crippen LogP contribution in [-0.2, 0) is 0 Å². The topological polar surface area (TPSA) is 86.9 Å². The Balaban J connectivity index is 1.74. The summed E-state index contributed by atoms with van der Waals surface area (Å²) < 4.78 is 0. The van der Waals surface area contributed by atoms with Crippen LogP contribution < -0.4 is 10.6 Å². The summed E-state index contributed by atoms with van der Waals surface area (Å²) in [6.07, 6.45) is 1.29. The first-order chi connectivity index (χ1) is 12.0. The molecule has 3 aromatic rings. The van der Waals surface area contributed by atoms with Gasteiger partial charge in [-0.3, -0.25) is 9.59 Å². The molecular formula is C17H12Cl2N4O2. The first-order valence-electron chi connectivity index (χ1n) is 7.20. The van der Waals surface area contributed by atoms with E-state index >= 15 is 0 Å². The van der Waals surface area contributed by atoms with E-state index in [2.05, 4.69) is 20.6 Å². The number of halogens is 2. The molecule has 0 aliphatic carbocycles. The largest absolute Gasteiger partial charge is 0.340 e. The molecule has 0 unspecified atom stereocenters. The molecule has 8 heteroatoms. The van der Waals surface area contributed by atoms with Gasteiger partial charge in [-0.2, -0.15) is 0 Å². The van der Waals surface area contributed by atoms with Crippen molar-refractivity contribution in [2.75, 3.05) is 10.6 Å². The third kappa shape index (κ3) is 4.17. The van der Waals surface area contributed by atoms with Crippen molar-refractivity contribution in [3.05, 3.63) is 76.3 Å². The number of amides is 2. The monoisotopic (exact) mass is 374 g/mol. The fourth-order valence-electron chi connectivity index (χ4n) is 2.09. The molecule has 25 heavy (non-hydrogen) atoms. The van der Waals surface area contributed by atoms with Gasteiger partial charge >= 0.3 is 0 Å². The van der Waals surface area contributed by atoms with Crippen molar-refractivity contribution in [2.24, 2.45) is 0 Å². The summed E-state index contributed by atoms with van der Waals surface area (Å²) in [5.74, 6) is -0.995. The van der Waals surface area contributed by atoms with E-state index in [1.165, 1.54) is 6.33 Å². The van der Waals surface area contributed by atoms with E-state index < -0.39 is 11.8 Å². The number of carbonyl (C=O) groups excluding carboxylic acids is 2. The lowest BCUT2D eigenvalue weighted by molar-refractivity contribution is 0.0985. The van der Waals surface area contributed by atoms with Crippen LogP contribution >= 0.6 is 23.2 Å². The van der Waals surface area contributed by atoms with Crippen LogP contribution in [0.15, 0.2) is 54.9 Å². The molecule has 0 aliphatic rings. The number of rotatable bonds is 4. The second kappa shape index (κ2) is 7.38. The maximum absolute atomic E-state index is 12.4. The summed E-state index contributed by atoms with van der Waals surface area (Å²) in [6, 6.07) is 13.2. The van der Waals surface area contributed by atoms with Gasteiger partial charge in [0.15, 0.2) is 5.69 Å². The van der Waals surface area contributed by atoms with Gasteiger partial charge in [-0.15, -0.1) is 0 Å². The number of benzene rings is 2. The van der Waals surface area contributed by atoms with Crippen molar-refractivity contribution < 1.29 is 9.59 Å². The number of nitrogens with zero attached hydrogens (tertiary/aromatic N) is 1. The number of nitrogens with one attached hydrogen (secondary N) is 3. The number of hydrogen-bond donors (Lipinski definition) is 3. The highest BCUT2D eigenvalue weighted by Gasteiger charge is 2.20. The van der Waals surface area contributed by atoms with Crippen molar-refractivity contribution in [2.45, 2.75) is 0 Å². The van der Waals surface area contributed by atoms with Gasteiger partial charge in [-0.25, -0.2) is 4.98 Å². The average molecular weight is 375 g/mol. The molecular weight excluding hydrogens is 363 g/mol. The van der Waals surface area contributed by atoms with Crippen LogP contribution in [0.5, 0.6) is 0 Å². The molecule has 0 atom stereocenters. The molecule has 3 rings (SSSR count). The van der Waals surface area contributed by atoms with Crippen LogP contribution in [-0.4, -0.2) is 21.8 Å². The van der Waals surface area contributed by atoms with Crippen LogP contribution in [0, 0.1) is 0 Å². The van der Waals surface area contributed by atoms with Crippen LogP contribution in [0.1, 0.15) is 21.0 Å². The standard InChI is InChI=1S/C17H12Cl2N4O2/c18-10-1-5-12(6-2-10)22-16(24)14-15(21-9-20-14)17(25)23-13-7-3-11(19)4-8-13/h1-9H,(H,20,21)(H,22,24)(H,23,25). The first kappa shape index (κ1) is 17.0. The lowest BCUT2D eigenvalue weighted by Crippen LogP contribution is -2.20. The molecule has 1 heterocycles. The fraction of sp³-hybridized carbons (Fsp3) is 0. The van der Waals surface area contributed by atoms with Crippen molar-refractivity contribution in [1.29, 1.82) is 0 Å². The number of H-pyrrole nitrogens is 1. The predicted octanol–water partition coefficient (Wildman–Crippen LogP) is 4.22. The zero-order valence-corrected chi connectivity index (χ0v) is 14.2. The second-order valence-electron chi connectivity index (χ2n) is 5.05. The van der Waals surface area contributed by atoms with Crippen molar-refractivity contribution in [3.63, 3.8) is 0 Å². The van der Waals surface area contributed by atoms with Gasteiger partial charge in [-0.1, -0.05) is 23.2 Å². The van der Waals surface area contributed by atoms with Gasteiger partial charge in [0.1, 0.15) is 5.69 Å². The number of aromatic amines is 1. The Morgan fingerprint density at radius 1 is 0.800 bits per heavy atom. The lowest BCUT2D eigenvalue weighted by atomic mass is 10.2. The molecule has 0 fully saturated rings. The highest BCUT2D eigenvalue weighted by Crippen LogP contribution is 2.17. The van der Waals surface area contributed by atoms with E-state index in [1.54, 1.807) is 48.5 Å². The van der Waals surface area contributed by atoms with Crippen molar-refractivity contribution >= 4 is 46.4 Å². The molecule has 0 saturated carbocycles. The highest BCUT2D eigenvalue weighted by atomic mass is 35.5. The molecule has 0 radical (unpaired) electrons. The Kier molecular flexibility index (Phi) is 5.02. The smallest absolute Gasteiger partial charge is 0.276 e. The minimum absolute atomic E-state index is 0.0126. The number of aromatic nitrogens is 2. The van der Waals surface area contributed by atoms with Gasteiger partial charge in [0.25, 0.3) is 11.8 Å².